The van der Waals surface area contributed by atoms with Crippen LogP contribution in [0.1, 0.15) is 51.4 Å². The lowest BCUT2D eigenvalue weighted by atomic mass is 9.96. The molecule has 1 saturated heterocycles. The van der Waals surface area contributed by atoms with Gasteiger partial charge in [-0.2, -0.15) is 0 Å². The average molecular weight is 239 g/mol. The monoisotopic (exact) mass is 239 g/mol. The zero-order chi connectivity index (χ0) is 11.9. The number of guanidine groups is 1. The zero-order valence-corrected chi connectivity index (χ0v) is 10.6. The molecule has 0 radical (unpaired) electrons. The van der Waals surface area contributed by atoms with Gasteiger partial charge in [0.25, 0.3) is 0 Å². The van der Waals surface area contributed by atoms with E-state index in [0.717, 1.165) is 19.0 Å². The number of rotatable bonds is 2. The Morgan fingerprint density at radius 3 is 2.29 bits per heavy atom. The molecule has 2 aliphatic rings. The van der Waals surface area contributed by atoms with E-state index in [4.69, 9.17) is 5.84 Å². The van der Waals surface area contributed by atoms with Crippen LogP contribution in [-0.4, -0.2) is 30.1 Å². The van der Waals surface area contributed by atoms with Crippen LogP contribution in [0.25, 0.3) is 0 Å². The van der Waals surface area contributed by atoms with Gasteiger partial charge in [-0.1, -0.05) is 25.7 Å². The minimum Gasteiger partial charge on any atom is -0.293 e. The molecule has 1 heterocycles. The third-order valence-electron chi connectivity index (χ3n) is 3.64. The number of hydrogen-bond donors (Lipinski definition) is 3. The maximum Gasteiger partial charge on any atom is 0.220 e. The van der Waals surface area contributed by atoms with E-state index < -0.39 is 0 Å². The number of aliphatic imine (C=N–C) groups is 1. The number of hydrogen-bond acceptors (Lipinski definition) is 3. The van der Waals surface area contributed by atoms with Gasteiger partial charge in [-0.15, -0.1) is 0 Å². The number of piperidine rings is 1. The van der Waals surface area contributed by atoms with Gasteiger partial charge >= 0.3 is 0 Å². The summed E-state index contributed by atoms with van der Waals surface area (Å²) in [7, 11) is 0. The van der Waals surface area contributed by atoms with Crippen molar-refractivity contribution >= 4 is 5.96 Å². The highest BCUT2D eigenvalue weighted by atomic mass is 15.6. The first-order valence-electron chi connectivity index (χ1n) is 6.94. The van der Waals surface area contributed by atoms with Gasteiger partial charge in [0, 0.05) is 13.1 Å². The van der Waals surface area contributed by atoms with Crippen molar-refractivity contribution < 1.29 is 0 Å². The SMILES string of the molecule is NNC(=NC1CCCCC1)NN1CCCCC1. The molecule has 0 atom stereocenters. The average Bonchev–Trinajstić information content (AvgIpc) is 2.40. The van der Waals surface area contributed by atoms with Gasteiger partial charge in [0.15, 0.2) is 0 Å². The molecule has 17 heavy (non-hydrogen) atoms. The Morgan fingerprint density at radius 2 is 1.65 bits per heavy atom. The summed E-state index contributed by atoms with van der Waals surface area (Å²) in [5, 5.41) is 2.21. The Bertz CT molecular complexity index is 241. The molecule has 2 rings (SSSR count). The van der Waals surface area contributed by atoms with Crippen LogP contribution in [0.15, 0.2) is 4.99 Å². The molecule has 1 aliphatic heterocycles. The summed E-state index contributed by atoms with van der Waals surface area (Å²) in [4.78, 5) is 4.68. The molecule has 1 aliphatic carbocycles. The third kappa shape index (κ3) is 4.16. The normalized spacial score (nSPS) is 24.6. The lowest BCUT2D eigenvalue weighted by Gasteiger charge is -2.29. The van der Waals surface area contributed by atoms with Gasteiger partial charge in [0.05, 0.1) is 6.04 Å². The molecule has 0 bridgehead atoms. The fourth-order valence-corrected chi connectivity index (χ4v) is 2.65. The minimum atomic E-state index is 0.451. The lowest BCUT2D eigenvalue weighted by Crippen LogP contribution is -2.52. The molecular formula is C12H25N5. The van der Waals surface area contributed by atoms with Crippen molar-refractivity contribution in [1.82, 2.24) is 15.9 Å². The quantitative estimate of drug-likeness (QED) is 0.292. The Kier molecular flexibility index (Phi) is 5.07. The largest absolute Gasteiger partial charge is 0.293 e. The van der Waals surface area contributed by atoms with Crippen molar-refractivity contribution in [2.75, 3.05) is 13.1 Å². The van der Waals surface area contributed by atoms with Crippen LogP contribution in [0.4, 0.5) is 0 Å². The molecule has 0 unspecified atom stereocenters. The Morgan fingerprint density at radius 1 is 1.00 bits per heavy atom. The summed E-state index contributed by atoms with van der Waals surface area (Å²) in [6.07, 6.45) is 10.2. The van der Waals surface area contributed by atoms with E-state index >= 15 is 0 Å². The van der Waals surface area contributed by atoms with E-state index in [1.165, 1.54) is 51.4 Å². The van der Waals surface area contributed by atoms with Crippen molar-refractivity contribution in [3.05, 3.63) is 0 Å². The standard InChI is InChI=1S/C12H25N5/c13-15-12(14-11-7-3-1-4-8-11)16-17-9-5-2-6-10-17/h11H,1-10,13H2,(H2,14,15,16). The first-order chi connectivity index (χ1) is 8.38. The van der Waals surface area contributed by atoms with Gasteiger partial charge in [-0.25, -0.2) is 15.8 Å². The first-order valence-corrected chi connectivity index (χ1v) is 6.94. The van der Waals surface area contributed by atoms with Crippen LogP contribution in [0, 0.1) is 0 Å². The fourth-order valence-electron chi connectivity index (χ4n) is 2.65. The van der Waals surface area contributed by atoms with Gasteiger partial charge in [-0.05, 0) is 25.7 Å². The highest BCUT2D eigenvalue weighted by molar-refractivity contribution is 5.78. The summed E-state index contributed by atoms with van der Waals surface area (Å²) in [5.74, 6) is 6.27. The smallest absolute Gasteiger partial charge is 0.220 e. The van der Waals surface area contributed by atoms with E-state index in [9.17, 15) is 0 Å². The summed E-state index contributed by atoms with van der Waals surface area (Å²) in [6, 6.07) is 0.451. The summed E-state index contributed by atoms with van der Waals surface area (Å²) < 4.78 is 0. The second-order valence-corrected chi connectivity index (χ2v) is 5.07. The van der Waals surface area contributed by atoms with Crippen LogP contribution < -0.4 is 16.7 Å². The zero-order valence-electron chi connectivity index (χ0n) is 10.6. The molecule has 1 saturated carbocycles. The molecule has 0 aromatic rings. The third-order valence-corrected chi connectivity index (χ3v) is 3.64. The number of nitrogens with zero attached hydrogens (tertiary/aromatic N) is 2. The summed E-state index contributed by atoms with van der Waals surface area (Å²) >= 11 is 0. The molecule has 0 spiro atoms. The van der Waals surface area contributed by atoms with Crippen LogP contribution in [0.2, 0.25) is 0 Å². The van der Waals surface area contributed by atoms with Crippen LogP contribution in [0.3, 0.4) is 0 Å². The van der Waals surface area contributed by atoms with Gasteiger partial charge < -0.3 is 0 Å². The predicted octanol–water partition coefficient (Wildman–Crippen LogP) is 1.13. The van der Waals surface area contributed by atoms with E-state index in [-0.39, 0.29) is 0 Å². The topological polar surface area (TPSA) is 65.7 Å². The number of hydrazine groups is 2. The highest BCUT2D eigenvalue weighted by Crippen LogP contribution is 2.20. The summed E-state index contributed by atoms with van der Waals surface area (Å²) in [5.41, 5.74) is 5.99. The predicted molar refractivity (Wildman–Crippen MR) is 70.2 cm³/mol. The van der Waals surface area contributed by atoms with E-state index in [1.807, 2.05) is 0 Å². The molecule has 0 aromatic carbocycles. The Hall–Kier alpha value is -0.810. The fraction of sp³-hybridized carbons (Fsp3) is 0.917. The van der Waals surface area contributed by atoms with Crippen molar-refractivity contribution in [3.63, 3.8) is 0 Å². The second-order valence-electron chi connectivity index (χ2n) is 5.07. The van der Waals surface area contributed by atoms with Gasteiger partial charge in [-0.3, -0.25) is 10.9 Å². The Labute approximate surface area is 104 Å². The highest BCUT2D eigenvalue weighted by Gasteiger charge is 2.15. The van der Waals surface area contributed by atoms with E-state index in [2.05, 4.69) is 20.9 Å². The van der Waals surface area contributed by atoms with Gasteiger partial charge in [0.2, 0.25) is 5.96 Å². The molecule has 5 nitrogen and oxygen atoms in total. The van der Waals surface area contributed by atoms with Crippen LogP contribution >= 0.6 is 0 Å². The van der Waals surface area contributed by atoms with E-state index in [0.29, 0.717) is 6.04 Å². The van der Waals surface area contributed by atoms with Crippen molar-refractivity contribution in [3.8, 4) is 0 Å². The minimum absolute atomic E-state index is 0.451. The van der Waals surface area contributed by atoms with Crippen molar-refractivity contribution in [2.45, 2.75) is 57.4 Å². The molecule has 5 heteroatoms. The first kappa shape index (κ1) is 12.6. The lowest BCUT2D eigenvalue weighted by molar-refractivity contribution is 0.191. The molecule has 2 fully saturated rings. The van der Waals surface area contributed by atoms with Crippen LogP contribution in [-0.2, 0) is 0 Å². The second kappa shape index (κ2) is 6.81. The van der Waals surface area contributed by atoms with Gasteiger partial charge in [0.1, 0.15) is 0 Å². The number of nitrogens with two attached hydrogens (primary N) is 1. The van der Waals surface area contributed by atoms with Crippen LogP contribution in [0.5, 0.6) is 0 Å². The molecular weight excluding hydrogens is 214 g/mol. The molecule has 0 amide bonds. The maximum atomic E-state index is 5.54. The Balaban J connectivity index is 1.83. The van der Waals surface area contributed by atoms with E-state index in [1.54, 1.807) is 0 Å². The van der Waals surface area contributed by atoms with Crippen molar-refractivity contribution in [1.29, 1.82) is 0 Å². The molecule has 0 aromatic heterocycles. The number of nitrogens with one attached hydrogen (secondary N) is 2. The molecule has 98 valence electrons. The van der Waals surface area contributed by atoms with Crippen molar-refractivity contribution in [2.24, 2.45) is 10.8 Å². The molecule has 4 N–H and O–H groups in total. The maximum absolute atomic E-state index is 5.54. The summed E-state index contributed by atoms with van der Waals surface area (Å²) in [6.45, 7) is 2.18.